The molecule has 0 saturated carbocycles. The SMILES string of the molecule is COc1cccc(-n2nnn(C)c2=O)c1CO/N=C(/C)c1cccc2c1OC(F)(F)O2. The summed E-state index contributed by atoms with van der Waals surface area (Å²) in [4.78, 5) is 17.7. The van der Waals surface area contributed by atoms with Crippen molar-refractivity contribution in [1.82, 2.24) is 19.8 Å². The van der Waals surface area contributed by atoms with Gasteiger partial charge in [0.2, 0.25) is 0 Å². The van der Waals surface area contributed by atoms with Crippen LogP contribution < -0.4 is 19.9 Å². The molecule has 2 heterocycles. The number of benzene rings is 2. The molecule has 0 bridgehead atoms. The van der Waals surface area contributed by atoms with E-state index in [0.717, 1.165) is 9.36 Å². The van der Waals surface area contributed by atoms with Crippen molar-refractivity contribution in [2.45, 2.75) is 19.8 Å². The van der Waals surface area contributed by atoms with Gasteiger partial charge in [0.05, 0.1) is 24.1 Å². The number of hydrogen-bond acceptors (Lipinski definition) is 8. The number of aryl methyl sites for hydroxylation is 1. The summed E-state index contributed by atoms with van der Waals surface area (Å²) in [7, 11) is 2.95. The van der Waals surface area contributed by atoms with E-state index in [0.29, 0.717) is 22.6 Å². The smallest absolute Gasteiger partial charge is 0.496 e. The average Bonchev–Trinajstić information content (AvgIpc) is 3.24. The lowest BCUT2D eigenvalue weighted by molar-refractivity contribution is -0.286. The third kappa shape index (κ3) is 3.79. The molecule has 0 saturated heterocycles. The van der Waals surface area contributed by atoms with E-state index < -0.39 is 12.0 Å². The number of nitrogens with zero attached hydrogens (tertiary/aromatic N) is 5. The molecule has 0 aliphatic carbocycles. The maximum atomic E-state index is 13.4. The fourth-order valence-electron chi connectivity index (χ4n) is 3.05. The van der Waals surface area contributed by atoms with Crippen LogP contribution in [0.2, 0.25) is 0 Å². The fraction of sp³-hybridized carbons (Fsp3) is 0.263. The lowest BCUT2D eigenvalue weighted by Gasteiger charge is -2.12. The first-order chi connectivity index (χ1) is 14.8. The maximum Gasteiger partial charge on any atom is 0.586 e. The summed E-state index contributed by atoms with van der Waals surface area (Å²) < 4.78 is 43.4. The number of aromatic nitrogens is 4. The Labute approximate surface area is 174 Å². The number of methoxy groups -OCH3 is 1. The highest BCUT2D eigenvalue weighted by atomic mass is 19.3. The summed E-state index contributed by atoms with van der Waals surface area (Å²) in [6, 6.07) is 9.50. The van der Waals surface area contributed by atoms with E-state index in [2.05, 4.69) is 25.1 Å². The van der Waals surface area contributed by atoms with Crippen LogP contribution in [0.4, 0.5) is 8.78 Å². The zero-order valence-electron chi connectivity index (χ0n) is 16.7. The molecule has 0 N–H and O–H groups in total. The minimum absolute atomic E-state index is 0.0916. The van der Waals surface area contributed by atoms with E-state index in [-0.39, 0.29) is 23.8 Å². The molecule has 12 heteroatoms. The standard InChI is InChI=1S/C19H17F2N5O5/c1-11(12-6-4-9-16-17(12)31-19(20,21)30-16)22-29-10-13-14(7-5-8-15(13)28-3)26-18(27)25(2)23-24-26/h4-9H,10H2,1-3H3/b22-11-. The molecule has 10 nitrogen and oxygen atoms in total. The first kappa shape index (κ1) is 20.3. The molecular weight excluding hydrogens is 416 g/mol. The van der Waals surface area contributed by atoms with Gasteiger partial charge in [0.1, 0.15) is 12.4 Å². The number of halogens is 2. The Morgan fingerprint density at radius 2 is 1.97 bits per heavy atom. The molecule has 0 fully saturated rings. The van der Waals surface area contributed by atoms with Crippen molar-refractivity contribution in [3.8, 4) is 22.9 Å². The number of para-hydroxylation sites is 1. The van der Waals surface area contributed by atoms with Gasteiger partial charge in [-0.15, -0.1) is 8.78 Å². The Kier molecular flexibility index (Phi) is 5.05. The summed E-state index contributed by atoms with van der Waals surface area (Å²) in [5.41, 5.74) is 1.02. The predicted molar refractivity (Wildman–Crippen MR) is 103 cm³/mol. The number of rotatable bonds is 6. The van der Waals surface area contributed by atoms with E-state index in [9.17, 15) is 13.6 Å². The Morgan fingerprint density at radius 3 is 2.68 bits per heavy atom. The Morgan fingerprint density at radius 1 is 1.19 bits per heavy atom. The first-order valence-corrected chi connectivity index (χ1v) is 9.02. The third-order valence-electron chi connectivity index (χ3n) is 4.51. The first-order valence-electron chi connectivity index (χ1n) is 9.02. The van der Waals surface area contributed by atoms with Crippen LogP contribution in [0.1, 0.15) is 18.1 Å². The number of hydrogen-bond donors (Lipinski definition) is 0. The highest BCUT2D eigenvalue weighted by molar-refractivity contribution is 6.01. The van der Waals surface area contributed by atoms with Crippen LogP contribution in [-0.2, 0) is 18.5 Å². The molecule has 162 valence electrons. The van der Waals surface area contributed by atoms with Gasteiger partial charge in [-0.3, -0.25) is 0 Å². The van der Waals surface area contributed by atoms with Gasteiger partial charge in [0, 0.05) is 12.6 Å². The molecule has 31 heavy (non-hydrogen) atoms. The van der Waals surface area contributed by atoms with Crippen molar-refractivity contribution in [1.29, 1.82) is 0 Å². The molecule has 1 aromatic heterocycles. The quantitative estimate of drug-likeness (QED) is 0.434. The van der Waals surface area contributed by atoms with Gasteiger partial charge in [0.15, 0.2) is 11.5 Å². The largest absolute Gasteiger partial charge is 0.586 e. The second-order valence-electron chi connectivity index (χ2n) is 6.51. The number of fused-ring (bicyclic) bond motifs is 1. The Bertz CT molecular complexity index is 1220. The summed E-state index contributed by atoms with van der Waals surface area (Å²) in [6.07, 6.45) is -3.74. The van der Waals surface area contributed by atoms with Gasteiger partial charge in [-0.2, -0.15) is 9.36 Å². The highest BCUT2D eigenvalue weighted by Gasteiger charge is 2.44. The van der Waals surface area contributed by atoms with Crippen molar-refractivity contribution >= 4 is 5.71 Å². The van der Waals surface area contributed by atoms with Gasteiger partial charge in [-0.25, -0.2) is 4.79 Å². The van der Waals surface area contributed by atoms with Crippen molar-refractivity contribution in [2.75, 3.05) is 7.11 Å². The molecule has 4 rings (SSSR count). The second-order valence-corrected chi connectivity index (χ2v) is 6.51. The van der Waals surface area contributed by atoms with Crippen molar-refractivity contribution < 1.29 is 27.8 Å². The van der Waals surface area contributed by atoms with Gasteiger partial charge in [-0.05, 0) is 41.6 Å². The van der Waals surface area contributed by atoms with E-state index in [1.807, 2.05) is 0 Å². The van der Waals surface area contributed by atoms with Gasteiger partial charge < -0.3 is 19.0 Å². The summed E-state index contributed by atoms with van der Waals surface area (Å²) in [5, 5.41) is 11.5. The molecule has 0 radical (unpaired) electrons. The van der Waals surface area contributed by atoms with Crippen LogP contribution in [0.15, 0.2) is 46.3 Å². The minimum Gasteiger partial charge on any atom is -0.496 e. The van der Waals surface area contributed by atoms with Gasteiger partial charge in [-0.1, -0.05) is 17.3 Å². The fourth-order valence-corrected chi connectivity index (χ4v) is 3.05. The average molecular weight is 433 g/mol. The molecule has 1 aliphatic heterocycles. The predicted octanol–water partition coefficient (Wildman–Crippen LogP) is 2.24. The molecule has 0 unspecified atom stereocenters. The molecule has 2 aromatic carbocycles. The van der Waals surface area contributed by atoms with Crippen LogP contribution in [-0.4, -0.2) is 38.9 Å². The molecule has 0 spiro atoms. The summed E-state index contributed by atoms with van der Waals surface area (Å²) >= 11 is 0. The summed E-state index contributed by atoms with van der Waals surface area (Å²) in [5.74, 6) is 0.229. The van der Waals surface area contributed by atoms with Crippen molar-refractivity contribution in [3.63, 3.8) is 0 Å². The molecule has 1 aliphatic rings. The topological polar surface area (TPSA) is 102 Å². The lowest BCUT2D eigenvalue weighted by atomic mass is 10.1. The molecular formula is C19H17F2N5O5. The molecule has 3 aromatic rings. The molecule has 0 atom stereocenters. The zero-order valence-corrected chi connectivity index (χ0v) is 16.7. The van der Waals surface area contributed by atoms with E-state index in [1.54, 1.807) is 31.2 Å². The van der Waals surface area contributed by atoms with Crippen LogP contribution in [0.3, 0.4) is 0 Å². The Balaban J connectivity index is 1.61. The number of ether oxygens (including phenoxy) is 3. The van der Waals surface area contributed by atoms with Crippen LogP contribution in [0.25, 0.3) is 5.69 Å². The minimum atomic E-state index is -3.74. The maximum absolute atomic E-state index is 13.4. The van der Waals surface area contributed by atoms with Crippen molar-refractivity contribution in [3.05, 3.63) is 58.0 Å². The summed E-state index contributed by atoms with van der Waals surface area (Å²) in [6.45, 7) is 1.48. The van der Waals surface area contributed by atoms with E-state index in [4.69, 9.17) is 9.57 Å². The lowest BCUT2D eigenvalue weighted by Crippen LogP contribution is -2.26. The number of alkyl halides is 2. The van der Waals surface area contributed by atoms with Crippen LogP contribution >= 0.6 is 0 Å². The van der Waals surface area contributed by atoms with Crippen LogP contribution in [0.5, 0.6) is 17.2 Å². The van der Waals surface area contributed by atoms with E-state index >= 15 is 0 Å². The Hall–Kier alpha value is -3.96. The zero-order chi connectivity index (χ0) is 22.2. The monoisotopic (exact) mass is 433 g/mol. The van der Waals surface area contributed by atoms with Gasteiger partial charge in [0.25, 0.3) is 0 Å². The second kappa shape index (κ2) is 7.70. The molecule has 0 amide bonds. The normalized spacial score (nSPS) is 14.5. The number of oxime groups is 1. The van der Waals surface area contributed by atoms with Gasteiger partial charge >= 0.3 is 12.0 Å². The van der Waals surface area contributed by atoms with E-state index in [1.165, 1.54) is 26.3 Å². The van der Waals surface area contributed by atoms with Crippen LogP contribution in [0, 0.1) is 0 Å². The highest BCUT2D eigenvalue weighted by Crippen LogP contribution is 2.43. The third-order valence-corrected chi connectivity index (χ3v) is 4.51. The number of tetrazole rings is 1. The van der Waals surface area contributed by atoms with Crippen molar-refractivity contribution in [2.24, 2.45) is 12.2 Å².